The number of aliphatic hydroxyl groups excluding tert-OH is 1. The fourth-order valence-electron chi connectivity index (χ4n) is 3.76. The van der Waals surface area contributed by atoms with Gasteiger partial charge in [0.2, 0.25) is 0 Å². The number of hydrogen-bond acceptors (Lipinski definition) is 4. The van der Waals surface area contributed by atoms with Gasteiger partial charge >= 0.3 is 0 Å². The van der Waals surface area contributed by atoms with Gasteiger partial charge < -0.3 is 10.4 Å². The van der Waals surface area contributed by atoms with Crippen molar-refractivity contribution in [2.45, 2.75) is 25.6 Å². The van der Waals surface area contributed by atoms with Gasteiger partial charge in [-0.25, -0.2) is 0 Å². The lowest BCUT2D eigenvalue weighted by Crippen LogP contribution is -2.31. The summed E-state index contributed by atoms with van der Waals surface area (Å²) in [4.78, 5) is 2.31. The molecular weight excluding hydrogens is 348 g/mol. The van der Waals surface area contributed by atoms with Crippen LogP contribution in [0.4, 0.5) is 0 Å². The van der Waals surface area contributed by atoms with Crippen LogP contribution in [0.1, 0.15) is 17.5 Å². The van der Waals surface area contributed by atoms with Crippen LogP contribution in [0, 0.1) is 0 Å². The number of nitrogens with one attached hydrogen (secondary N) is 1. The first-order chi connectivity index (χ1) is 13.8. The molecule has 0 unspecified atom stereocenters. The average molecular weight is 377 g/mol. The Kier molecular flexibility index (Phi) is 6.17. The highest BCUT2D eigenvalue weighted by Crippen LogP contribution is 2.22. The Morgan fingerprint density at radius 1 is 1.04 bits per heavy atom. The van der Waals surface area contributed by atoms with E-state index in [1.165, 1.54) is 11.1 Å². The van der Waals surface area contributed by atoms with Gasteiger partial charge in [0.25, 0.3) is 0 Å². The zero-order valence-corrected chi connectivity index (χ0v) is 16.2. The molecule has 1 saturated heterocycles. The van der Waals surface area contributed by atoms with Crippen molar-refractivity contribution in [1.82, 2.24) is 20.0 Å². The van der Waals surface area contributed by atoms with Crippen molar-refractivity contribution in [2.24, 2.45) is 0 Å². The minimum Gasteiger partial charge on any atom is -0.392 e. The molecule has 1 atom stereocenters. The van der Waals surface area contributed by atoms with Crippen LogP contribution < -0.4 is 5.32 Å². The largest absolute Gasteiger partial charge is 0.392 e. The zero-order valence-electron chi connectivity index (χ0n) is 16.2. The molecule has 2 heterocycles. The molecule has 0 radical (unpaired) electrons. The van der Waals surface area contributed by atoms with Gasteiger partial charge in [-0.2, -0.15) is 5.10 Å². The second-order valence-corrected chi connectivity index (χ2v) is 7.47. The van der Waals surface area contributed by atoms with Crippen molar-refractivity contribution in [1.29, 1.82) is 0 Å². The highest BCUT2D eigenvalue weighted by molar-refractivity contribution is 5.62. The number of aromatic nitrogens is 2. The van der Waals surface area contributed by atoms with Crippen molar-refractivity contribution >= 4 is 0 Å². The van der Waals surface area contributed by atoms with Crippen molar-refractivity contribution < 1.29 is 5.11 Å². The summed E-state index contributed by atoms with van der Waals surface area (Å²) < 4.78 is 2.03. The van der Waals surface area contributed by atoms with Gasteiger partial charge in [0.1, 0.15) is 0 Å². The lowest BCUT2D eigenvalue weighted by Gasteiger charge is -2.15. The van der Waals surface area contributed by atoms with E-state index >= 15 is 0 Å². The fraction of sp³-hybridized carbons (Fsp3) is 0.348. The van der Waals surface area contributed by atoms with Crippen molar-refractivity contribution in [3.05, 3.63) is 78.0 Å². The maximum Gasteiger partial charge on any atom is 0.0968 e. The molecule has 1 aromatic heterocycles. The highest BCUT2D eigenvalue weighted by atomic mass is 16.3. The van der Waals surface area contributed by atoms with Crippen LogP contribution in [0.2, 0.25) is 0 Å². The molecule has 1 aliphatic heterocycles. The predicted octanol–water partition coefficient (Wildman–Crippen LogP) is 2.75. The van der Waals surface area contributed by atoms with E-state index in [1.54, 1.807) is 0 Å². The molecule has 4 rings (SSSR count). The second-order valence-electron chi connectivity index (χ2n) is 7.47. The summed E-state index contributed by atoms with van der Waals surface area (Å²) in [6.45, 7) is 5.22. The molecule has 5 nitrogen and oxygen atoms in total. The van der Waals surface area contributed by atoms with E-state index in [2.05, 4.69) is 64.9 Å². The van der Waals surface area contributed by atoms with Crippen molar-refractivity contribution in [3.8, 4) is 11.3 Å². The van der Waals surface area contributed by atoms with Gasteiger partial charge in [0, 0.05) is 50.0 Å². The Bertz CT molecular complexity index is 863. The summed E-state index contributed by atoms with van der Waals surface area (Å²) in [5.74, 6) is 0. The lowest BCUT2D eigenvalue weighted by atomic mass is 10.1. The fourth-order valence-corrected chi connectivity index (χ4v) is 3.76. The molecule has 2 N–H and O–H groups in total. The van der Waals surface area contributed by atoms with E-state index in [4.69, 9.17) is 5.10 Å². The van der Waals surface area contributed by atoms with E-state index < -0.39 is 0 Å². The van der Waals surface area contributed by atoms with E-state index in [1.807, 2.05) is 16.8 Å². The third kappa shape index (κ3) is 4.87. The maximum atomic E-state index is 9.65. The smallest absolute Gasteiger partial charge is 0.0968 e. The van der Waals surface area contributed by atoms with Crippen LogP contribution in [0.3, 0.4) is 0 Å². The maximum absolute atomic E-state index is 9.65. The van der Waals surface area contributed by atoms with Gasteiger partial charge in [-0.1, -0.05) is 60.7 Å². The van der Waals surface area contributed by atoms with E-state index in [0.29, 0.717) is 0 Å². The van der Waals surface area contributed by atoms with Gasteiger partial charge in [-0.3, -0.25) is 9.58 Å². The first kappa shape index (κ1) is 18.9. The molecule has 146 valence electrons. The quantitative estimate of drug-likeness (QED) is 0.594. The second kappa shape index (κ2) is 9.15. The SMILES string of the molecule is O[C@H]1CCN(CCNCc2cn(Cc3ccccc3)nc2-c2ccccc2)C1. The number of hydrogen-bond donors (Lipinski definition) is 2. The molecule has 1 fully saturated rings. The number of aliphatic hydroxyl groups is 1. The monoisotopic (exact) mass is 376 g/mol. The summed E-state index contributed by atoms with van der Waals surface area (Å²) >= 11 is 0. The van der Waals surface area contributed by atoms with E-state index in [9.17, 15) is 5.11 Å². The Balaban J connectivity index is 1.43. The summed E-state index contributed by atoms with van der Waals surface area (Å²) in [5, 5.41) is 18.1. The third-order valence-electron chi connectivity index (χ3n) is 5.24. The molecule has 1 aliphatic rings. The molecule has 2 aromatic carbocycles. The number of likely N-dealkylation sites (tertiary alicyclic amines) is 1. The summed E-state index contributed by atoms with van der Waals surface area (Å²) in [7, 11) is 0. The molecule has 0 saturated carbocycles. The highest BCUT2D eigenvalue weighted by Gasteiger charge is 2.19. The predicted molar refractivity (Wildman–Crippen MR) is 112 cm³/mol. The third-order valence-corrected chi connectivity index (χ3v) is 5.24. The van der Waals surface area contributed by atoms with Gasteiger partial charge in [0.15, 0.2) is 0 Å². The first-order valence-electron chi connectivity index (χ1n) is 10.0. The molecule has 3 aromatic rings. The molecule has 0 amide bonds. The molecule has 28 heavy (non-hydrogen) atoms. The molecule has 5 heteroatoms. The van der Waals surface area contributed by atoms with Gasteiger partial charge in [0.05, 0.1) is 18.3 Å². The van der Waals surface area contributed by atoms with Crippen molar-refractivity contribution in [2.75, 3.05) is 26.2 Å². The van der Waals surface area contributed by atoms with Crippen LogP contribution in [0.15, 0.2) is 66.9 Å². The average Bonchev–Trinajstić information content (AvgIpc) is 3.32. The minimum absolute atomic E-state index is 0.152. The Labute approximate surface area is 166 Å². The zero-order chi connectivity index (χ0) is 19.2. The Morgan fingerprint density at radius 2 is 1.79 bits per heavy atom. The first-order valence-corrected chi connectivity index (χ1v) is 10.0. The van der Waals surface area contributed by atoms with Gasteiger partial charge in [-0.15, -0.1) is 0 Å². The lowest BCUT2D eigenvalue weighted by molar-refractivity contribution is 0.176. The van der Waals surface area contributed by atoms with Crippen LogP contribution in [0.5, 0.6) is 0 Å². The summed E-state index contributed by atoms with van der Waals surface area (Å²) in [6, 6.07) is 20.8. The number of benzene rings is 2. The normalized spacial score (nSPS) is 17.2. The summed E-state index contributed by atoms with van der Waals surface area (Å²) in [5.41, 5.74) is 4.65. The van der Waals surface area contributed by atoms with Crippen molar-refractivity contribution in [3.63, 3.8) is 0 Å². The van der Waals surface area contributed by atoms with E-state index in [0.717, 1.165) is 56.9 Å². The van der Waals surface area contributed by atoms with Crippen LogP contribution in [0.25, 0.3) is 11.3 Å². The van der Waals surface area contributed by atoms with Crippen LogP contribution in [-0.2, 0) is 13.1 Å². The molecular formula is C23H28N4O. The standard InChI is InChI=1S/C23H28N4O/c28-22-11-13-26(18-22)14-12-24-15-21-17-27(16-19-7-3-1-4-8-19)25-23(21)20-9-5-2-6-10-20/h1-10,17,22,24,28H,11-16,18H2/t22-/m0/s1. The molecule has 0 bridgehead atoms. The topological polar surface area (TPSA) is 53.3 Å². The molecule has 0 spiro atoms. The Morgan fingerprint density at radius 3 is 2.50 bits per heavy atom. The number of rotatable bonds is 8. The minimum atomic E-state index is -0.152. The molecule has 0 aliphatic carbocycles. The van der Waals surface area contributed by atoms with Crippen LogP contribution >= 0.6 is 0 Å². The van der Waals surface area contributed by atoms with E-state index in [-0.39, 0.29) is 6.10 Å². The van der Waals surface area contributed by atoms with Crippen LogP contribution in [-0.4, -0.2) is 52.1 Å². The summed E-state index contributed by atoms with van der Waals surface area (Å²) in [6.07, 6.45) is 2.90. The Hall–Kier alpha value is -2.47. The number of β-amino-alcohol motifs (C(OH)–C–C–N with tert-alkyl or cyclic N) is 1. The van der Waals surface area contributed by atoms with Gasteiger partial charge in [-0.05, 0) is 12.0 Å². The number of nitrogens with zero attached hydrogens (tertiary/aromatic N) is 3.